The van der Waals surface area contributed by atoms with E-state index in [4.69, 9.17) is 0 Å². The number of nitrogens with zero attached hydrogens (tertiary/aromatic N) is 1. The minimum atomic E-state index is -2.98. The van der Waals surface area contributed by atoms with Gasteiger partial charge in [-0.05, 0) is 17.8 Å². The molecular formula is C10H21NO2S. The van der Waals surface area contributed by atoms with Crippen LogP contribution in [-0.4, -0.2) is 32.1 Å². The van der Waals surface area contributed by atoms with Crippen LogP contribution in [0.15, 0.2) is 0 Å². The van der Waals surface area contributed by atoms with Crippen molar-refractivity contribution in [1.82, 2.24) is 4.31 Å². The highest BCUT2D eigenvalue weighted by atomic mass is 32.2. The van der Waals surface area contributed by atoms with E-state index >= 15 is 0 Å². The lowest BCUT2D eigenvalue weighted by Crippen LogP contribution is -2.28. The van der Waals surface area contributed by atoms with Crippen LogP contribution < -0.4 is 0 Å². The Morgan fingerprint density at radius 3 is 2.21 bits per heavy atom. The lowest BCUT2D eigenvalue weighted by Gasteiger charge is -2.19. The largest absolute Gasteiger partial charge is 0.213 e. The van der Waals surface area contributed by atoms with Crippen LogP contribution in [0.25, 0.3) is 0 Å². The summed E-state index contributed by atoms with van der Waals surface area (Å²) in [5.74, 6) is 1.66. The SMILES string of the molecule is CCC1CN(S(C)(=O)=O)CC1C(C)C. The van der Waals surface area contributed by atoms with Gasteiger partial charge in [-0.3, -0.25) is 0 Å². The zero-order valence-electron chi connectivity index (χ0n) is 9.53. The number of hydrogen-bond donors (Lipinski definition) is 0. The summed E-state index contributed by atoms with van der Waals surface area (Å²) >= 11 is 0. The van der Waals surface area contributed by atoms with Gasteiger partial charge in [0.05, 0.1) is 6.26 Å². The van der Waals surface area contributed by atoms with Crippen LogP contribution in [0.5, 0.6) is 0 Å². The number of sulfonamides is 1. The summed E-state index contributed by atoms with van der Waals surface area (Å²) in [6, 6.07) is 0. The first-order valence-electron chi connectivity index (χ1n) is 5.31. The van der Waals surface area contributed by atoms with E-state index < -0.39 is 10.0 Å². The number of rotatable bonds is 3. The van der Waals surface area contributed by atoms with E-state index in [0.29, 0.717) is 17.8 Å². The first-order chi connectivity index (χ1) is 6.36. The van der Waals surface area contributed by atoms with Gasteiger partial charge in [0, 0.05) is 13.1 Å². The molecule has 0 aliphatic carbocycles. The molecule has 0 amide bonds. The summed E-state index contributed by atoms with van der Waals surface area (Å²) in [6.07, 6.45) is 2.39. The molecule has 0 bridgehead atoms. The smallest absolute Gasteiger partial charge is 0.211 e. The maximum absolute atomic E-state index is 11.4. The van der Waals surface area contributed by atoms with Gasteiger partial charge in [-0.15, -0.1) is 0 Å². The second kappa shape index (κ2) is 4.19. The molecule has 84 valence electrons. The molecule has 2 unspecified atom stereocenters. The third-order valence-corrected chi connectivity index (χ3v) is 4.54. The van der Waals surface area contributed by atoms with Gasteiger partial charge < -0.3 is 0 Å². The summed E-state index contributed by atoms with van der Waals surface area (Å²) in [7, 11) is -2.98. The van der Waals surface area contributed by atoms with Gasteiger partial charge in [0.2, 0.25) is 10.0 Å². The maximum Gasteiger partial charge on any atom is 0.211 e. The zero-order chi connectivity index (χ0) is 10.9. The normalized spacial score (nSPS) is 30.1. The molecular weight excluding hydrogens is 198 g/mol. The fraction of sp³-hybridized carbons (Fsp3) is 1.00. The van der Waals surface area contributed by atoms with Crippen molar-refractivity contribution in [2.24, 2.45) is 17.8 Å². The quantitative estimate of drug-likeness (QED) is 0.722. The lowest BCUT2D eigenvalue weighted by molar-refractivity contribution is 0.312. The molecule has 0 radical (unpaired) electrons. The van der Waals surface area contributed by atoms with Crippen LogP contribution in [-0.2, 0) is 10.0 Å². The van der Waals surface area contributed by atoms with E-state index in [9.17, 15) is 8.42 Å². The predicted molar refractivity (Wildman–Crippen MR) is 58.5 cm³/mol. The molecule has 1 aliphatic rings. The van der Waals surface area contributed by atoms with Crippen molar-refractivity contribution in [1.29, 1.82) is 0 Å². The maximum atomic E-state index is 11.4. The van der Waals surface area contributed by atoms with Crippen LogP contribution >= 0.6 is 0 Å². The second-order valence-electron chi connectivity index (χ2n) is 4.66. The summed E-state index contributed by atoms with van der Waals surface area (Å²) in [4.78, 5) is 0. The molecule has 0 N–H and O–H groups in total. The van der Waals surface area contributed by atoms with E-state index in [1.54, 1.807) is 4.31 Å². The Kier molecular flexibility index (Phi) is 3.58. The first kappa shape index (κ1) is 12.0. The third-order valence-electron chi connectivity index (χ3n) is 3.31. The zero-order valence-corrected chi connectivity index (χ0v) is 10.3. The van der Waals surface area contributed by atoms with Crippen LogP contribution in [0, 0.1) is 17.8 Å². The molecule has 0 aromatic rings. The van der Waals surface area contributed by atoms with Crippen molar-refractivity contribution >= 4 is 10.0 Å². The van der Waals surface area contributed by atoms with Crippen molar-refractivity contribution in [2.75, 3.05) is 19.3 Å². The lowest BCUT2D eigenvalue weighted by atomic mass is 9.85. The Hall–Kier alpha value is -0.0900. The Morgan fingerprint density at radius 2 is 1.93 bits per heavy atom. The summed E-state index contributed by atoms with van der Waals surface area (Å²) in [5.41, 5.74) is 0. The minimum Gasteiger partial charge on any atom is -0.213 e. The fourth-order valence-corrected chi connectivity index (χ4v) is 3.22. The molecule has 2 atom stereocenters. The molecule has 0 aromatic heterocycles. The van der Waals surface area contributed by atoms with Crippen LogP contribution in [0.2, 0.25) is 0 Å². The Morgan fingerprint density at radius 1 is 1.36 bits per heavy atom. The molecule has 0 saturated carbocycles. The van der Waals surface area contributed by atoms with E-state index in [0.717, 1.165) is 19.5 Å². The van der Waals surface area contributed by atoms with E-state index in [1.165, 1.54) is 6.26 Å². The standard InChI is InChI=1S/C10H21NO2S/c1-5-9-6-11(14(4,12)13)7-10(9)8(2)3/h8-10H,5-7H2,1-4H3. The molecule has 4 heteroatoms. The van der Waals surface area contributed by atoms with Gasteiger partial charge in [0.15, 0.2) is 0 Å². The Balaban J connectivity index is 2.75. The molecule has 1 rings (SSSR count). The molecule has 3 nitrogen and oxygen atoms in total. The van der Waals surface area contributed by atoms with Crippen molar-refractivity contribution < 1.29 is 8.42 Å². The van der Waals surface area contributed by atoms with Gasteiger partial charge >= 0.3 is 0 Å². The van der Waals surface area contributed by atoms with Gasteiger partial charge in [-0.1, -0.05) is 27.2 Å². The molecule has 0 spiro atoms. The molecule has 1 aliphatic heterocycles. The average Bonchev–Trinajstić information content (AvgIpc) is 2.45. The van der Waals surface area contributed by atoms with E-state index in [-0.39, 0.29) is 0 Å². The van der Waals surface area contributed by atoms with Crippen LogP contribution in [0.1, 0.15) is 27.2 Å². The van der Waals surface area contributed by atoms with Crippen molar-refractivity contribution in [3.8, 4) is 0 Å². The van der Waals surface area contributed by atoms with E-state index in [2.05, 4.69) is 20.8 Å². The predicted octanol–water partition coefficient (Wildman–Crippen LogP) is 1.56. The second-order valence-corrected chi connectivity index (χ2v) is 6.64. The van der Waals surface area contributed by atoms with Gasteiger partial charge in [0.25, 0.3) is 0 Å². The summed E-state index contributed by atoms with van der Waals surface area (Å²) in [5, 5.41) is 0. The topological polar surface area (TPSA) is 37.4 Å². The van der Waals surface area contributed by atoms with Crippen LogP contribution in [0.4, 0.5) is 0 Å². The van der Waals surface area contributed by atoms with Gasteiger partial charge in [0.1, 0.15) is 0 Å². The van der Waals surface area contributed by atoms with E-state index in [1.807, 2.05) is 0 Å². The highest BCUT2D eigenvalue weighted by Gasteiger charge is 2.37. The molecule has 14 heavy (non-hydrogen) atoms. The summed E-state index contributed by atoms with van der Waals surface area (Å²) < 4.78 is 24.4. The molecule has 1 fully saturated rings. The van der Waals surface area contributed by atoms with Gasteiger partial charge in [-0.2, -0.15) is 0 Å². The monoisotopic (exact) mass is 219 g/mol. The van der Waals surface area contributed by atoms with Crippen molar-refractivity contribution in [2.45, 2.75) is 27.2 Å². The molecule has 1 saturated heterocycles. The highest BCUT2D eigenvalue weighted by molar-refractivity contribution is 7.88. The van der Waals surface area contributed by atoms with Crippen molar-refractivity contribution in [3.05, 3.63) is 0 Å². The Bertz CT molecular complexity index is 284. The first-order valence-corrected chi connectivity index (χ1v) is 7.16. The van der Waals surface area contributed by atoms with Gasteiger partial charge in [-0.25, -0.2) is 12.7 Å². The molecule has 0 aromatic carbocycles. The molecule has 1 heterocycles. The Labute approximate surface area is 87.5 Å². The number of hydrogen-bond acceptors (Lipinski definition) is 2. The van der Waals surface area contributed by atoms with Crippen molar-refractivity contribution in [3.63, 3.8) is 0 Å². The average molecular weight is 219 g/mol. The van der Waals surface area contributed by atoms with Crippen LogP contribution in [0.3, 0.4) is 0 Å². The minimum absolute atomic E-state index is 0.537. The highest BCUT2D eigenvalue weighted by Crippen LogP contribution is 2.32. The summed E-state index contributed by atoms with van der Waals surface area (Å²) in [6.45, 7) is 7.94. The fourth-order valence-electron chi connectivity index (χ4n) is 2.31. The third kappa shape index (κ3) is 2.48.